The lowest BCUT2D eigenvalue weighted by Gasteiger charge is -2.08. The highest BCUT2D eigenvalue weighted by molar-refractivity contribution is 7.89. The van der Waals surface area contributed by atoms with Crippen molar-refractivity contribution >= 4 is 32.5 Å². The van der Waals surface area contributed by atoms with Gasteiger partial charge in [0.05, 0.1) is 4.92 Å². The van der Waals surface area contributed by atoms with Crippen LogP contribution in [0.3, 0.4) is 0 Å². The molecule has 0 aliphatic carbocycles. The van der Waals surface area contributed by atoms with Crippen molar-refractivity contribution in [2.75, 3.05) is 13.1 Å². The van der Waals surface area contributed by atoms with Gasteiger partial charge in [-0.15, -0.1) is 0 Å². The number of nitrogens with zero attached hydrogens (tertiary/aromatic N) is 1. The van der Waals surface area contributed by atoms with E-state index in [0.29, 0.717) is 5.69 Å². The molecule has 3 aromatic rings. The van der Waals surface area contributed by atoms with Crippen LogP contribution < -0.4 is 10.0 Å². The summed E-state index contributed by atoms with van der Waals surface area (Å²) in [5.74, 6) is -0.379. The Morgan fingerprint density at radius 3 is 2.52 bits per heavy atom. The number of hydrogen-bond acceptors (Lipinski definition) is 5. The van der Waals surface area contributed by atoms with E-state index in [2.05, 4.69) is 15.0 Å². The normalized spacial score (nSPS) is 11.4. The van der Waals surface area contributed by atoms with Gasteiger partial charge in [-0.25, -0.2) is 13.1 Å². The van der Waals surface area contributed by atoms with E-state index in [4.69, 9.17) is 0 Å². The lowest BCUT2D eigenvalue weighted by molar-refractivity contribution is -0.387. The fourth-order valence-corrected chi connectivity index (χ4v) is 3.77. The fraction of sp³-hybridized carbons (Fsp3) is 0.118. The monoisotopic (exact) mass is 388 g/mol. The second kappa shape index (κ2) is 7.56. The number of nitro benzene ring substituents is 1. The summed E-state index contributed by atoms with van der Waals surface area (Å²) in [6, 6.07) is 14.2. The molecule has 27 heavy (non-hydrogen) atoms. The van der Waals surface area contributed by atoms with E-state index in [0.717, 1.165) is 23.0 Å². The highest BCUT2D eigenvalue weighted by atomic mass is 32.2. The van der Waals surface area contributed by atoms with Crippen LogP contribution in [-0.2, 0) is 10.0 Å². The maximum Gasteiger partial charge on any atom is 0.289 e. The molecule has 9 nitrogen and oxygen atoms in total. The summed E-state index contributed by atoms with van der Waals surface area (Å²) in [4.78, 5) is 24.9. The summed E-state index contributed by atoms with van der Waals surface area (Å²) in [6.07, 6.45) is 0. The Hall–Kier alpha value is -3.24. The maximum absolute atomic E-state index is 12.3. The summed E-state index contributed by atoms with van der Waals surface area (Å²) in [5.41, 5.74) is 0.671. The second-order valence-electron chi connectivity index (χ2n) is 5.65. The molecule has 0 aliphatic heterocycles. The van der Waals surface area contributed by atoms with Crippen LogP contribution in [0.2, 0.25) is 0 Å². The van der Waals surface area contributed by atoms with Crippen molar-refractivity contribution in [3.63, 3.8) is 0 Å². The van der Waals surface area contributed by atoms with Gasteiger partial charge in [0, 0.05) is 30.1 Å². The molecule has 0 atom stereocenters. The Balaban J connectivity index is 1.59. The third-order valence-electron chi connectivity index (χ3n) is 3.83. The molecular weight excluding hydrogens is 372 g/mol. The Bertz CT molecular complexity index is 1070. The first-order valence-corrected chi connectivity index (χ1v) is 9.46. The number of carbonyl (C=O) groups is 1. The molecule has 0 radical (unpaired) electrons. The number of benzene rings is 2. The van der Waals surface area contributed by atoms with Gasteiger partial charge in [-0.2, -0.15) is 0 Å². The first kappa shape index (κ1) is 18.5. The molecule has 0 saturated carbocycles. The lowest BCUT2D eigenvalue weighted by atomic mass is 10.2. The van der Waals surface area contributed by atoms with Crippen LogP contribution in [0.15, 0.2) is 59.5 Å². The van der Waals surface area contributed by atoms with E-state index in [1.807, 2.05) is 24.3 Å². The average Bonchev–Trinajstić information content (AvgIpc) is 3.09. The standard InChI is InChI=1S/C17H16N4O5S/c22-17(14-11-12-5-1-2-6-13(12)20-14)18-9-10-19-27(25,26)16-8-4-3-7-15(16)21(23)24/h1-8,11,19-20H,9-10H2,(H,18,22). The van der Waals surface area contributed by atoms with Gasteiger partial charge >= 0.3 is 0 Å². The number of nitrogens with one attached hydrogen (secondary N) is 3. The molecule has 2 aromatic carbocycles. The van der Waals surface area contributed by atoms with Gasteiger partial charge < -0.3 is 10.3 Å². The molecule has 10 heteroatoms. The minimum Gasteiger partial charge on any atom is -0.351 e. The number of rotatable bonds is 7. The minimum absolute atomic E-state index is 0.0219. The number of para-hydroxylation sites is 2. The summed E-state index contributed by atoms with van der Waals surface area (Å²) < 4.78 is 26.8. The van der Waals surface area contributed by atoms with E-state index >= 15 is 0 Å². The van der Waals surface area contributed by atoms with Crippen molar-refractivity contribution in [3.8, 4) is 0 Å². The van der Waals surface area contributed by atoms with E-state index in [9.17, 15) is 23.3 Å². The summed E-state index contributed by atoms with van der Waals surface area (Å²) in [6.45, 7) is -0.0889. The van der Waals surface area contributed by atoms with E-state index < -0.39 is 25.5 Å². The van der Waals surface area contributed by atoms with Crippen molar-refractivity contribution in [1.29, 1.82) is 0 Å². The quantitative estimate of drug-likeness (QED) is 0.322. The van der Waals surface area contributed by atoms with Crippen LogP contribution >= 0.6 is 0 Å². The van der Waals surface area contributed by atoms with Crippen LogP contribution in [0.25, 0.3) is 10.9 Å². The number of aromatic amines is 1. The van der Waals surface area contributed by atoms with Gasteiger partial charge in [0.2, 0.25) is 10.0 Å². The Labute approximate surface area is 154 Å². The first-order valence-electron chi connectivity index (χ1n) is 7.97. The van der Waals surface area contributed by atoms with Crippen LogP contribution in [0, 0.1) is 10.1 Å². The zero-order valence-corrected chi connectivity index (χ0v) is 14.8. The molecule has 140 valence electrons. The number of sulfonamides is 1. The van der Waals surface area contributed by atoms with Crippen LogP contribution in [0.4, 0.5) is 5.69 Å². The molecular formula is C17H16N4O5S. The maximum atomic E-state index is 12.3. The van der Waals surface area contributed by atoms with Gasteiger partial charge in [0.1, 0.15) is 5.69 Å². The lowest BCUT2D eigenvalue weighted by Crippen LogP contribution is -2.35. The summed E-state index contributed by atoms with van der Waals surface area (Å²) >= 11 is 0. The zero-order chi connectivity index (χ0) is 19.4. The van der Waals surface area contributed by atoms with E-state index in [-0.39, 0.29) is 19.0 Å². The number of H-pyrrole nitrogens is 1. The zero-order valence-electron chi connectivity index (χ0n) is 14.0. The van der Waals surface area contributed by atoms with Crippen molar-refractivity contribution in [1.82, 2.24) is 15.0 Å². The molecule has 3 N–H and O–H groups in total. The van der Waals surface area contributed by atoms with E-state index in [1.165, 1.54) is 12.1 Å². The van der Waals surface area contributed by atoms with Crippen LogP contribution in [-0.4, -0.2) is 37.3 Å². The average molecular weight is 388 g/mol. The highest BCUT2D eigenvalue weighted by Gasteiger charge is 2.24. The number of aromatic nitrogens is 1. The third kappa shape index (κ3) is 4.13. The SMILES string of the molecule is O=C(NCCNS(=O)(=O)c1ccccc1[N+](=O)[O-])c1cc2ccccc2[nH]1. The molecule has 1 amide bonds. The van der Waals surface area contributed by atoms with Gasteiger partial charge in [-0.3, -0.25) is 14.9 Å². The molecule has 1 aromatic heterocycles. The first-order chi connectivity index (χ1) is 12.9. The van der Waals surface area contributed by atoms with Crippen molar-refractivity contribution in [2.45, 2.75) is 4.90 Å². The van der Waals surface area contributed by atoms with Crippen LogP contribution in [0.5, 0.6) is 0 Å². The van der Waals surface area contributed by atoms with Crippen molar-refractivity contribution < 1.29 is 18.1 Å². The van der Waals surface area contributed by atoms with E-state index in [1.54, 1.807) is 6.07 Å². The fourth-order valence-electron chi connectivity index (χ4n) is 2.57. The summed E-state index contributed by atoms with van der Waals surface area (Å²) in [7, 11) is -4.07. The number of amides is 1. The number of hydrogen-bond donors (Lipinski definition) is 3. The second-order valence-corrected chi connectivity index (χ2v) is 7.38. The van der Waals surface area contributed by atoms with Gasteiger partial charge in [-0.1, -0.05) is 30.3 Å². The number of fused-ring (bicyclic) bond motifs is 1. The smallest absolute Gasteiger partial charge is 0.289 e. The van der Waals surface area contributed by atoms with Crippen molar-refractivity contribution in [3.05, 3.63) is 70.4 Å². The molecule has 3 rings (SSSR count). The van der Waals surface area contributed by atoms with Crippen molar-refractivity contribution in [2.24, 2.45) is 0 Å². The van der Waals surface area contributed by atoms with Gasteiger partial charge in [0.25, 0.3) is 11.6 Å². The molecule has 1 heterocycles. The minimum atomic E-state index is -4.07. The summed E-state index contributed by atoms with van der Waals surface area (Å²) in [5, 5.41) is 14.5. The molecule has 0 spiro atoms. The molecule has 0 unspecified atom stereocenters. The van der Waals surface area contributed by atoms with Gasteiger partial charge in [0.15, 0.2) is 4.90 Å². The number of nitro groups is 1. The topological polar surface area (TPSA) is 134 Å². The van der Waals surface area contributed by atoms with Crippen LogP contribution in [0.1, 0.15) is 10.5 Å². The number of carbonyl (C=O) groups excluding carboxylic acids is 1. The molecule has 0 bridgehead atoms. The molecule has 0 fully saturated rings. The highest BCUT2D eigenvalue weighted by Crippen LogP contribution is 2.22. The predicted octanol–water partition coefficient (Wildman–Crippen LogP) is 1.78. The predicted molar refractivity (Wildman–Crippen MR) is 98.9 cm³/mol. The molecule has 0 saturated heterocycles. The third-order valence-corrected chi connectivity index (χ3v) is 5.34. The molecule has 0 aliphatic rings. The Kier molecular flexibility index (Phi) is 5.19. The Morgan fingerprint density at radius 2 is 1.78 bits per heavy atom. The largest absolute Gasteiger partial charge is 0.351 e. The van der Waals surface area contributed by atoms with Gasteiger partial charge in [-0.05, 0) is 18.2 Å². The Morgan fingerprint density at radius 1 is 1.07 bits per heavy atom.